The van der Waals surface area contributed by atoms with E-state index in [4.69, 9.17) is 0 Å². The molecule has 1 heterocycles. The van der Waals surface area contributed by atoms with Crippen LogP contribution in [-0.2, 0) is 14.6 Å². The quantitative estimate of drug-likeness (QED) is 0.622. The third-order valence-electron chi connectivity index (χ3n) is 7.15. The standard InChI is InChI=1S/C26H32N2O4S/c1-19-6-7-20(2)24(18-19)33(31,32)26(12-4-5-13-26)25(30)28-16-14-27(15-17-28)23-10-8-22(9-11-23)21(3)29/h6-11,18H,4-5,12-17H2,1-3H3. The van der Waals surface area contributed by atoms with Gasteiger partial charge in [-0.1, -0.05) is 25.0 Å². The fraction of sp³-hybridized carbons (Fsp3) is 0.462. The lowest BCUT2D eigenvalue weighted by Gasteiger charge is -2.40. The van der Waals surface area contributed by atoms with Gasteiger partial charge in [-0.25, -0.2) is 8.42 Å². The summed E-state index contributed by atoms with van der Waals surface area (Å²) in [5.74, 6) is -0.212. The molecule has 176 valence electrons. The van der Waals surface area contributed by atoms with Crippen molar-refractivity contribution in [2.45, 2.75) is 56.1 Å². The number of rotatable bonds is 5. The van der Waals surface area contributed by atoms with Gasteiger partial charge in [-0.2, -0.15) is 0 Å². The molecule has 0 aromatic heterocycles. The van der Waals surface area contributed by atoms with Crippen LogP contribution in [0.5, 0.6) is 0 Å². The average Bonchev–Trinajstić information content (AvgIpc) is 3.32. The van der Waals surface area contributed by atoms with E-state index in [1.54, 1.807) is 24.8 Å². The number of Topliss-reactive ketones (excluding diaryl/α,β-unsaturated/α-hetero) is 1. The fourth-order valence-corrected chi connectivity index (χ4v) is 7.55. The first-order valence-corrected chi connectivity index (χ1v) is 13.1. The Bertz CT molecular complexity index is 1160. The van der Waals surface area contributed by atoms with Gasteiger partial charge in [0.2, 0.25) is 5.91 Å². The van der Waals surface area contributed by atoms with Crippen LogP contribution in [0.3, 0.4) is 0 Å². The molecule has 1 aliphatic heterocycles. The zero-order valence-corrected chi connectivity index (χ0v) is 20.5. The van der Waals surface area contributed by atoms with Crippen molar-refractivity contribution in [3.05, 3.63) is 59.2 Å². The van der Waals surface area contributed by atoms with E-state index in [1.165, 1.54) is 0 Å². The minimum atomic E-state index is -3.82. The fourth-order valence-electron chi connectivity index (χ4n) is 5.11. The van der Waals surface area contributed by atoms with Gasteiger partial charge in [-0.05, 0) is 75.1 Å². The van der Waals surface area contributed by atoms with Gasteiger partial charge in [0.15, 0.2) is 20.4 Å². The lowest BCUT2D eigenvalue weighted by molar-refractivity contribution is -0.134. The Kier molecular flexibility index (Phi) is 6.36. The molecule has 2 aromatic carbocycles. The van der Waals surface area contributed by atoms with E-state index in [9.17, 15) is 18.0 Å². The van der Waals surface area contributed by atoms with Gasteiger partial charge < -0.3 is 9.80 Å². The number of carbonyl (C=O) groups is 2. The number of aryl methyl sites for hydroxylation is 2. The van der Waals surface area contributed by atoms with Crippen LogP contribution in [0.25, 0.3) is 0 Å². The molecule has 0 spiro atoms. The molecule has 1 saturated heterocycles. The lowest BCUT2D eigenvalue weighted by Crippen LogP contribution is -2.57. The van der Waals surface area contributed by atoms with Gasteiger partial charge in [0.25, 0.3) is 0 Å². The maximum Gasteiger partial charge on any atom is 0.244 e. The molecule has 0 unspecified atom stereocenters. The molecule has 1 saturated carbocycles. The number of benzene rings is 2. The number of hydrogen-bond acceptors (Lipinski definition) is 5. The topological polar surface area (TPSA) is 74.8 Å². The second kappa shape index (κ2) is 8.93. The second-order valence-electron chi connectivity index (χ2n) is 9.36. The van der Waals surface area contributed by atoms with Gasteiger partial charge >= 0.3 is 0 Å². The van der Waals surface area contributed by atoms with Gasteiger partial charge in [0.05, 0.1) is 4.90 Å². The predicted molar refractivity (Wildman–Crippen MR) is 130 cm³/mol. The van der Waals surface area contributed by atoms with Crippen LogP contribution in [0, 0.1) is 13.8 Å². The first-order valence-electron chi connectivity index (χ1n) is 11.6. The molecule has 0 bridgehead atoms. The Balaban J connectivity index is 1.55. The van der Waals surface area contributed by atoms with Crippen molar-refractivity contribution in [3.8, 4) is 0 Å². The van der Waals surface area contributed by atoms with E-state index in [1.807, 2.05) is 43.3 Å². The molecule has 4 rings (SSSR count). The molecule has 33 heavy (non-hydrogen) atoms. The SMILES string of the molecule is CC(=O)c1ccc(N2CCN(C(=O)C3(S(=O)(=O)c4cc(C)ccc4C)CCCC3)CC2)cc1. The predicted octanol–water partition coefficient (Wildman–Crippen LogP) is 3.94. The molecule has 0 atom stereocenters. The monoisotopic (exact) mass is 468 g/mol. The summed E-state index contributed by atoms with van der Waals surface area (Å²) >= 11 is 0. The highest BCUT2D eigenvalue weighted by molar-refractivity contribution is 7.93. The third-order valence-corrected chi connectivity index (χ3v) is 9.78. The van der Waals surface area contributed by atoms with Crippen LogP contribution in [0.4, 0.5) is 5.69 Å². The van der Waals surface area contributed by atoms with Gasteiger partial charge in [-0.15, -0.1) is 0 Å². The van der Waals surface area contributed by atoms with E-state index in [-0.39, 0.29) is 11.7 Å². The molecule has 7 heteroatoms. The normalized spacial score (nSPS) is 18.4. The first kappa shape index (κ1) is 23.5. The zero-order valence-electron chi connectivity index (χ0n) is 19.6. The van der Waals surface area contributed by atoms with Crippen molar-refractivity contribution < 1.29 is 18.0 Å². The molecule has 2 aromatic rings. The lowest BCUT2D eigenvalue weighted by atomic mass is 10.0. The summed E-state index contributed by atoms with van der Waals surface area (Å²) in [4.78, 5) is 29.5. The van der Waals surface area contributed by atoms with Crippen molar-refractivity contribution in [2.24, 2.45) is 0 Å². The summed E-state index contributed by atoms with van der Waals surface area (Å²) in [5.41, 5.74) is 3.25. The van der Waals surface area contributed by atoms with E-state index in [2.05, 4.69) is 4.90 Å². The third kappa shape index (κ3) is 4.19. The van der Waals surface area contributed by atoms with Crippen LogP contribution in [0.1, 0.15) is 54.1 Å². The number of sulfone groups is 1. The van der Waals surface area contributed by atoms with Crippen molar-refractivity contribution in [2.75, 3.05) is 31.1 Å². The van der Waals surface area contributed by atoms with Crippen LogP contribution in [-0.4, -0.2) is 55.9 Å². The summed E-state index contributed by atoms with van der Waals surface area (Å²) in [7, 11) is -3.82. The summed E-state index contributed by atoms with van der Waals surface area (Å²) in [6.45, 7) is 7.45. The maximum atomic E-state index is 13.9. The summed E-state index contributed by atoms with van der Waals surface area (Å²) in [6.07, 6.45) is 2.26. The number of nitrogens with zero attached hydrogens (tertiary/aromatic N) is 2. The van der Waals surface area contributed by atoms with Crippen molar-refractivity contribution in [1.29, 1.82) is 0 Å². The molecule has 2 aliphatic rings. The van der Waals surface area contributed by atoms with E-state index in [0.717, 1.165) is 24.1 Å². The number of piperazine rings is 1. The number of anilines is 1. The van der Waals surface area contributed by atoms with Crippen LogP contribution in [0.2, 0.25) is 0 Å². The van der Waals surface area contributed by atoms with E-state index < -0.39 is 14.6 Å². The highest BCUT2D eigenvalue weighted by Crippen LogP contribution is 2.43. The van der Waals surface area contributed by atoms with E-state index >= 15 is 0 Å². The molecular weight excluding hydrogens is 436 g/mol. The second-order valence-corrected chi connectivity index (χ2v) is 11.6. The van der Waals surface area contributed by atoms with Crippen LogP contribution >= 0.6 is 0 Å². The molecule has 1 amide bonds. The summed E-state index contributed by atoms with van der Waals surface area (Å²) in [6, 6.07) is 12.9. The number of amides is 1. The van der Waals surface area contributed by atoms with E-state index in [0.29, 0.717) is 55.0 Å². The molecule has 1 aliphatic carbocycles. The zero-order chi connectivity index (χ0) is 23.8. The molecule has 0 radical (unpaired) electrons. The minimum Gasteiger partial charge on any atom is -0.368 e. The summed E-state index contributed by atoms with van der Waals surface area (Å²) < 4.78 is 26.4. The Morgan fingerprint density at radius 1 is 0.879 bits per heavy atom. The molecule has 6 nitrogen and oxygen atoms in total. The van der Waals surface area contributed by atoms with Crippen molar-refractivity contribution in [1.82, 2.24) is 4.90 Å². The number of hydrogen-bond donors (Lipinski definition) is 0. The Morgan fingerprint density at radius 2 is 1.48 bits per heavy atom. The molecule has 2 fully saturated rings. The molecule has 0 N–H and O–H groups in total. The maximum absolute atomic E-state index is 13.9. The average molecular weight is 469 g/mol. The van der Waals surface area contributed by atoms with Crippen molar-refractivity contribution in [3.63, 3.8) is 0 Å². The Hall–Kier alpha value is -2.67. The van der Waals surface area contributed by atoms with Gasteiger partial charge in [0, 0.05) is 37.4 Å². The highest BCUT2D eigenvalue weighted by atomic mass is 32.2. The Labute approximate surface area is 196 Å². The summed E-state index contributed by atoms with van der Waals surface area (Å²) in [5, 5.41) is 0. The Morgan fingerprint density at radius 3 is 2.06 bits per heavy atom. The highest BCUT2D eigenvalue weighted by Gasteiger charge is 2.55. The van der Waals surface area contributed by atoms with Crippen LogP contribution < -0.4 is 4.90 Å². The first-order chi connectivity index (χ1) is 15.7. The van der Waals surface area contributed by atoms with Gasteiger partial charge in [0.1, 0.15) is 0 Å². The van der Waals surface area contributed by atoms with Gasteiger partial charge in [-0.3, -0.25) is 9.59 Å². The number of ketones is 1. The smallest absolute Gasteiger partial charge is 0.244 e. The molecular formula is C26H32N2O4S. The van der Waals surface area contributed by atoms with Crippen molar-refractivity contribution >= 4 is 27.2 Å². The number of carbonyl (C=O) groups excluding carboxylic acids is 2. The minimum absolute atomic E-state index is 0.0314. The van der Waals surface area contributed by atoms with Crippen LogP contribution in [0.15, 0.2) is 47.4 Å². The largest absolute Gasteiger partial charge is 0.368 e.